The SMILES string of the molecule is Cc1ccccc1Cn1cc(CCC(=O)N[C@@H]2CCC[C@@H](C)[C@@H]2C)c2ccccc21. The number of fused-ring (bicyclic) bond motifs is 1. The summed E-state index contributed by atoms with van der Waals surface area (Å²) in [5.74, 6) is 1.46. The maximum absolute atomic E-state index is 12.7. The van der Waals surface area contributed by atoms with Gasteiger partial charge < -0.3 is 9.88 Å². The molecule has 2 aromatic carbocycles. The number of amides is 1. The molecule has 0 bridgehead atoms. The second kappa shape index (κ2) is 9.07. The van der Waals surface area contributed by atoms with E-state index in [0.29, 0.717) is 24.3 Å². The van der Waals surface area contributed by atoms with Gasteiger partial charge in [0.25, 0.3) is 0 Å². The second-order valence-corrected chi connectivity index (χ2v) is 9.17. The normalized spacial score (nSPS) is 21.6. The maximum atomic E-state index is 12.7. The van der Waals surface area contributed by atoms with Gasteiger partial charge in [-0.25, -0.2) is 0 Å². The molecule has 0 saturated heterocycles. The van der Waals surface area contributed by atoms with E-state index in [1.807, 2.05) is 0 Å². The van der Waals surface area contributed by atoms with Crippen molar-refractivity contribution in [3.05, 3.63) is 71.4 Å². The zero-order valence-electron chi connectivity index (χ0n) is 18.5. The van der Waals surface area contributed by atoms with Crippen LogP contribution in [0.25, 0.3) is 10.9 Å². The second-order valence-electron chi connectivity index (χ2n) is 9.17. The summed E-state index contributed by atoms with van der Waals surface area (Å²) in [5, 5.41) is 4.59. The van der Waals surface area contributed by atoms with Crippen molar-refractivity contribution in [3.63, 3.8) is 0 Å². The third-order valence-corrected chi connectivity index (χ3v) is 7.15. The minimum absolute atomic E-state index is 0.191. The highest BCUT2D eigenvalue weighted by molar-refractivity contribution is 5.85. The van der Waals surface area contributed by atoms with Crippen LogP contribution in [0, 0.1) is 18.8 Å². The number of aryl methyl sites for hydroxylation is 2. The van der Waals surface area contributed by atoms with Crippen LogP contribution in [0.15, 0.2) is 54.7 Å². The lowest BCUT2D eigenvalue weighted by Crippen LogP contribution is -2.43. The lowest BCUT2D eigenvalue weighted by Gasteiger charge is -2.34. The largest absolute Gasteiger partial charge is 0.353 e. The first-order valence-electron chi connectivity index (χ1n) is 11.4. The molecule has 1 N–H and O–H groups in total. The number of hydrogen-bond acceptors (Lipinski definition) is 1. The average Bonchev–Trinajstić information content (AvgIpc) is 3.09. The minimum Gasteiger partial charge on any atom is -0.353 e. The lowest BCUT2D eigenvalue weighted by molar-refractivity contribution is -0.122. The number of nitrogens with zero attached hydrogens (tertiary/aromatic N) is 1. The molecule has 4 rings (SSSR count). The molecule has 1 aliphatic rings. The first-order valence-corrected chi connectivity index (χ1v) is 11.4. The number of para-hydroxylation sites is 1. The van der Waals surface area contributed by atoms with E-state index in [9.17, 15) is 4.79 Å². The van der Waals surface area contributed by atoms with Gasteiger partial charge in [-0.1, -0.05) is 69.2 Å². The third kappa shape index (κ3) is 4.45. The predicted octanol–water partition coefficient (Wildman–Crippen LogP) is 5.87. The van der Waals surface area contributed by atoms with Gasteiger partial charge in [0.15, 0.2) is 0 Å². The number of carbonyl (C=O) groups is 1. The summed E-state index contributed by atoms with van der Waals surface area (Å²) in [6.45, 7) is 7.62. The molecular weight excluding hydrogens is 368 g/mol. The summed E-state index contributed by atoms with van der Waals surface area (Å²) in [6.07, 6.45) is 7.21. The fraction of sp³-hybridized carbons (Fsp3) is 0.444. The van der Waals surface area contributed by atoms with E-state index in [1.165, 1.54) is 40.4 Å². The van der Waals surface area contributed by atoms with Gasteiger partial charge in [-0.3, -0.25) is 4.79 Å². The molecule has 158 valence electrons. The number of carbonyl (C=O) groups excluding carboxylic acids is 1. The Balaban J connectivity index is 1.47. The number of aromatic nitrogens is 1. The van der Waals surface area contributed by atoms with Gasteiger partial charge in [0, 0.05) is 36.1 Å². The zero-order chi connectivity index (χ0) is 21.1. The fourth-order valence-corrected chi connectivity index (χ4v) is 4.94. The Morgan fingerprint density at radius 1 is 1.03 bits per heavy atom. The fourth-order valence-electron chi connectivity index (χ4n) is 4.94. The molecule has 1 saturated carbocycles. The van der Waals surface area contributed by atoms with Gasteiger partial charge >= 0.3 is 0 Å². The molecule has 1 fully saturated rings. The molecule has 0 radical (unpaired) electrons. The highest BCUT2D eigenvalue weighted by atomic mass is 16.1. The maximum Gasteiger partial charge on any atom is 0.220 e. The van der Waals surface area contributed by atoms with Crippen LogP contribution in [0.5, 0.6) is 0 Å². The van der Waals surface area contributed by atoms with Crippen LogP contribution in [0.4, 0.5) is 0 Å². The molecule has 3 heteroatoms. The van der Waals surface area contributed by atoms with Crippen molar-refractivity contribution < 1.29 is 4.79 Å². The van der Waals surface area contributed by atoms with Crippen molar-refractivity contribution in [2.45, 2.75) is 65.5 Å². The Morgan fingerprint density at radius 2 is 1.80 bits per heavy atom. The summed E-state index contributed by atoms with van der Waals surface area (Å²) in [5.41, 5.74) is 5.15. The van der Waals surface area contributed by atoms with Gasteiger partial charge in [0.2, 0.25) is 5.91 Å². The Hall–Kier alpha value is -2.55. The lowest BCUT2D eigenvalue weighted by atomic mass is 9.78. The summed E-state index contributed by atoms with van der Waals surface area (Å²) in [7, 11) is 0. The van der Waals surface area contributed by atoms with Gasteiger partial charge in [-0.2, -0.15) is 0 Å². The van der Waals surface area contributed by atoms with Crippen LogP contribution in [0.2, 0.25) is 0 Å². The van der Waals surface area contributed by atoms with E-state index < -0.39 is 0 Å². The van der Waals surface area contributed by atoms with E-state index >= 15 is 0 Å². The van der Waals surface area contributed by atoms with Crippen molar-refractivity contribution in [1.29, 1.82) is 0 Å². The quantitative estimate of drug-likeness (QED) is 0.549. The third-order valence-electron chi connectivity index (χ3n) is 7.15. The topological polar surface area (TPSA) is 34.0 Å². The zero-order valence-corrected chi connectivity index (χ0v) is 18.5. The predicted molar refractivity (Wildman–Crippen MR) is 125 cm³/mol. The molecule has 0 spiro atoms. The molecule has 3 aromatic rings. The summed E-state index contributed by atoms with van der Waals surface area (Å²) < 4.78 is 2.33. The highest BCUT2D eigenvalue weighted by Crippen LogP contribution is 2.30. The van der Waals surface area contributed by atoms with Crippen molar-refractivity contribution in [3.8, 4) is 0 Å². The Kier molecular flexibility index (Phi) is 6.26. The monoisotopic (exact) mass is 402 g/mol. The smallest absolute Gasteiger partial charge is 0.220 e. The van der Waals surface area contributed by atoms with Gasteiger partial charge in [0.05, 0.1) is 0 Å². The Bertz CT molecular complexity index is 1020. The van der Waals surface area contributed by atoms with Crippen molar-refractivity contribution in [1.82, 2.24) is 9.88 Å². The molecule has 0 aliphatic heterocycles. The van der Waals surface area contributed by atoms with Gasteiger partial charge in [-0.15, -0.1) is 0 Å². The van der Waals surface area contributed by atoms with Crippen molar-refractivity contribution in [2.24, 2.45) is 11.8 Å². The summed E-state index contributed by atoms with van der Waals surface area (Å²) >= 11 is 0. The molecule has 30 heavy (non-hydrogen) atoms. The first-order chi connectivity index (χ1) is 14.5. The molecular formula is C27H34N2O. The average molecular weight is 403 g/mol. The summed E-state index contributed by atoms with van der Waals surface area (Å²) in [4.78, 5) is 12.7. The molecule has 1 heterocycles. The molecule has 0 unspecified atom stereocenters. The van der Waals surface area contributed by atoms with Crippen LogP contribution < -0.4 is 5.32 Å². The highest BCUT2D eigenvalue weighted by Gasteiger charge is 2.28. The van der Waals surface area contributed by atoms with Crippen molar-refractivity contribution in [2.75, 3.05) is 0 Å². The number of nitrogens with one attached hydrogen (secondary N) is 1. The molecule has 1 aliphatic carbocycles. The molecule has 1 amide bonds. The number of rotatable bonds is 6. The van der Waals surface area contributed by atoms with Crippen LogP contribution in [-0.4, -0.2) is 16.5 Å². The van der Waals surface area contributed by atoms with E-state index in [0.717, 1.165) is 19.4 Å². The summed E-state index contributed by atoms with van der Waals surface area (Å²) in [6, 6.07) is 17.4. The minimum atomic E-state index is 0.191. The standard InChI is InChI=1S/C27H34N2O/c1-19-10-8-13-25(21(19)3)28-27(30)16-15-23-18-29(26-14-7-6-12-24(23)26)17-22-11-5-4-9-20(22)2/h4-7,9,11-12,14,18-19,21,25H,8,10,13,15-17H2,1-3H3,(H,28,30)/t19-,21+,25-/m1/s1. The van der Waals surface area contributed by atoms with E-state index in [2.05, 4.69) is 85.4 Å². The van der Waals surface area contributed by atoms with E-state index in [-0.39, 0.29) is 5.91 Å². The number of hydrogen-bond donors (Lipinski definition) is 1. The first kappa shape index (κ1) is 20.7. The van der Waals surface area contributed by atoms with E-state index in [4.69, 9.17) is 0 Å². The Morgan fingerprint density at radius 3 is 2.63 bits per heavy atom. The van der Waals surface area contributed by atoms with Crippen LogP contribution in [0.1, 0.15) is 56.2 Å². The van der Waals surface area contributed by atoms with Crippen LogP contribution >= 0.6 is 0 Å². The van der Waals surface area contributed by atoms with Crippen molar-refractivity contribution >= 4 is 16.8 Å². The number of benzene rings is 2. The van der Waals surface area contributed by atoms with Gasteiger partial charge in [0.1, 0.15) is 0 Å². The van der Waals surface area contributed by atoms with Crippen LogP contribution in [-0.2, 0) is 17.8 Å². The van der Waals surface area contributed by atoms with Gasteiger partial charge in [-0.05, 0) is 54.4 Å². The molecule has 1 aromatic heterocycles. The molecule has 3 atom stereocenters. The molecule has 3 nitrogen and oxygen atoms in total. The van der Waals surface area contributed by atoms with Crippen LogP contribution in [0.3, 0.4) is 0 Å². The van der Waals surface area contributed by atoms with E-state index in [1.54, 1.807) is 0 Å². The Labute approximate surface area is 180 Å².